The number of hydrogen-bond acceptors (Lipinski definition) is 5. The predicted molar refractivity (Wildman–Crippen MR) is 115 cm³/mol. The number of aromatic nitrogens is 1. The van der Waals surface area contributed by atoms with Crippen LogP contribution >= 0.6 is 22.9 Å². The molecule has 0 saturated heterocycles. The molecule has 2 aromatic carbocycles. The van der Waals surface area contributed by atoms with Crippen LogP contribution in [0.1, 0.15) is 22.7 Å². The number of fused-ring (bicyclic) bond motifs is 1. The summed E-state index contributed by atoms with van der Waals surface area (Å²) in [5, 5.41) is 3.17. The molecule has 1 aliphatic heterocycles. The molecule has 1 aromatic heterocycles. The first kappa shape index (κ1) is 21.5. The topological polar surface area (TPSA) is 51.7 Å². The van der Waals surface area contributed by atoms with E-state index in [0.29, 0.717) is 35.1 Å². The van der Waals surface area contributed by atoms with Gasteiger partial charge in [0.05, 0.1) is 17.8 Å². The second-order valence-electron chi connectivity index (χ2n) is 6.94. The molecule has 0 atom stereocenters. The smallest absolute Gasteiger partial charge is 0.387 e. The van der Waals surface area contributed by atoms with E-state index in [1.54, 1.807) is 30.3 Å². The van der Waals surface area contributed by atoms with Crippen molar-refractivity contribution in [1.82, 2.24) is 4.98 Å². The molecule has 3 aromatic rings. The zero-order valence-electron chi connectivity index (χ0n) is 16.4. The summed E-state index contributed by atoms with van der Waals surface area (Å²) in [5.41, 5.74) is 1.87. The summed E-state index contributed by atoms with van der Waals surface area (Å²) in [5.74, 6) is 0.492. The van der Waals surface area contributed by atoms with E-state index >= 15 is 0 Å². The predicted octanol–water partition coefficient (Wildman–Crippen LogP) is 5.50. The normalized spacial score (nSPS) is 13.2. The Labute approximate surface area is 187 Å². The Morgan fingerprint density at radius 3 is 2.81 bits per heavy atom. The SMILES string of the molecule is O=C(Cc1csc(COc2ccc(Cl)cc2)n1)N1CCCc2cccc(OC(F)F)c21. The number of aryl methyl sites for hydroxylation is 1. The van der Waals surface area contributed by atoms with Crippen molar-refractivity contribution in [3.8, 4) is 11.5 Å². The summed E-state index contributed by atoms with van der Waals surface area (Å²) in [6.45, 7) is -2.22. The number of benzene rings is 2. The maximum absolute atomic E-state index is 13.0. The lowest BCUT2D eigenvalue weighted by atomic mass is 10.0. The average Bonchev–Trinajstić information content (AvgIpc) is 3.20. The number of para-hydroxylation sites is 1. The number of ether oxygens (including phenoxy) is 2. The van der Waals surface area contributed by atoms with Gasteiger partial charge in [0.2, 0.25) is 5.91 Å². The quantitative estimate of drug-likeness (QED) is 0.463. The van der Waals surface area contributed by atoms with E-state index in [9.17, 15) is 13.6 Å². The number of hydrogen-bond donors (Lipinski definition) is 0. The monoisotopic (exact) mass is 464 g/mol. The molecule has 5 nitrogen and oxygen atoms in total. The minimum absolute atomic E-state index is 0.0240. The highest BCUT2D eigenvalue weighted by atomic mass is 35.5. The fourth-order valence-corrected chi connectivity index (χ4v) is 4.31. The summed E-state index contributed by atoms with van der Waals surface area (Å²) in [7, 11) is 0. The Balaban J connectivity index is 1.43. The van der Waals surface area contributed by atoms with Crippen LogP contribution in [0.2, 0.25) is 5.02 Å². The first-order valence-corrected chi connectivity index (χ1v) is 10.9. The Bertz CT molecular complexity index is 1060. The summed E-state index contributed by atoms with van der Waals surface area (Å²) in [4.78, 5) is 19.0. The molecule has 0 N–H and O–H groups in total. The Morgan fingerprint density at radius 2 is 2.03 bits per heavy atom. The number of carbonyl (C=O) groups is 1. The van der Waals surface area contributed by atoms with Gasteiger partial charge in [-0.25, -0.2) is 4.98 Å². The standard InChI is InChI=1S/C22H19ClF2N2O3S/c23-15-6-8-17(9-7-15)29-12-19-26-16(13-31-19)11-20(28)27-10-2-4-14-3-1-5-18(21(14)27)30-22(24)25/h1,3,5-9,13,22H,2,4,10-12H2. The molecule has 0 radical (unpaired) electrons. The van der Waals surface area contributed by atoms with E-state index in [1.807, 2.05) is 11.4 Å². The number of amides is 1. The lowest BCUT2D eigenvalue weighted by molar-refractivity contribution is -0.118. The highest BCUT2D eigenvalue weighted by molar-refractivity contribution is 7.09. The molecule has 0 aliphatic carbocycles. The first-order chi connectivity index (χ1) is 15.0. The number of rotatable bonds is 7. The highest BCUT2D eigenvalue weighted by Crippen LogP contribution is 2.37. The Morgan fingerprint density at radius 1 is 1.23 bits per heavy atom. The van der Waals surface area contributed by atoms with E-state index in [1.165, 1.54) is 22.3 Å². The van der Waals surface area contributed by atoms with Crippen molar-refractivity contribution in [3.05, 3.63) is 69.1 Å². The second kappa shape index (κ2) is 9.62. The van der Waals surface area contributed by atoms with Crippen molar-refractivity contribution in [1.29, 1.82) is 0 Å². The van der Waals surface area contributed by atoms with Crippen LogP contribution in [-0.4, -0.2) is 24.0 Å². The van der Waals surface area contributed by atoms with Gasteiger partial charge < -0.3 is 14.4 Å². The third-order valence-electron chi connectivity index (χ3n) is 4.81. The molecule has 162 valence electrons. The molecular weight excluding hydrogens is 446 g/mol. The van der Waals surface area contributed by atoms with Gasteiger partial charge in [0.25, 0.3) is 0 Å². The van der Waals surface area contributed by atoms with Crippen LogP contribution in [-0.2, 0) is 24.2 Å². The second-order valence-corrected chi connectivity index (χ2v) is 8.32. The van der Waals surface area contributed by atoms with E-state index < -0.39 is 6.61 Å². The van der Waals surface area contributed by atoms with E-state index in [0.717, 1.165) is 17.0 Å². The molecule has 4 rings (SSSR count). The zero-order chi connectivity index (χ0) is 21.8. The number of carbonyl (C=O) groups excluding carboxylic acids is 1. The van der Waals surface area contributed by atoms with Crippen LogP contribution in [0.25, 0.3) is 0 Å². The molecule has 0 saturated carbocycles. The number of nitrogens with zero attached hydrogens (tertiary/aromatic N) is 2. The highest BCUT2D eigenvalue weighted by Gasteiger charge is 2.27. The molecule has 0 spiro atoms. The molecular formula is C22H19ClF2N2O3S. The van der Waals surface area contributed by atoms with Crippen LogP contribution in [0.3, 0.4) is 0 Å². The molecule has 9 heteroatoms. The maximum atomic E-state index is 13.0. The molecule has 0 unspecified atom stereocenters. The third kappa shape index (κ3) is 5.32. The van der Waals surface area contributed by atoms with Gasteiger partial charge in [0, 0.05) is 16.9 Å². The van der Waals surface area contributed by atoms with E-state index in [2.05, 4.69) is 9.72 Å². The van der Waals surface area contributed by atoms with E-state index in [4.69, 9.17) is 16.3 Å². The van der Waals surface area contributed by atoms with E-state index in [-0.39, 0.29) is 24.7 Å². The van der Waals surface area contributed by atoms with Crippen LogP contribution in [0.15, 0.2) is 47.8 Å². The molecule has 0 bridgehead atoms. The third-order valence-corrected chi connectivity index (χ3v) is 5.93. The number of alkyl halides is 2. The Kier molecular flexibility index (Phi) is 6.67. The van der Waals surface area contributed by atoms with Crippen molar-refractivity contribution in [2.24, 2.45) is 0 Å². The largest absolute Gasteiger partial charge is 0.486 e. The number of thiazole rings is 1. The van der Waals surface area contributed by atoms with Crippen molar-refractivity contribution in [2.45, 2.75) is 32.5 Å². The van der Waals surface area contributed by atoms with Gasteiger partial charge in [-0.3, -0.25) is 4.79 Å². The van der Waals surface area contributed by atoms with Crippen LogP contribution in [0.5, 0.6) is 11.5 Å². The number of anilines is 1. The lowest BCUT2D eigenvalue weighted by Gasteiger charge is -2.31. The van der Waals surface area contributed by atoms with Gasteiger partial charge in [-0.05, 0) is 48.7 Å². The van der Waals surface area contributed by atoms with Gasteiger partial charge in [0.15, 0.2) is 0 Å². The molecule has 0 fully saturated rings. The van der Waals surface area contributed by atoms with Crippen LogP contribution in [0.4, 0.5) is 14.5 Å². The maximum Gasteiger partial charge on any atom is 0.387 e. The van der Waals surface area contributed by atoms with Gasteiger partial charge in [-0.1, -0.05) is 23.7 Å². The van der Waals surface area contributed by atoms with Gasteiger partial charge >= 0.3 is 6.61 Å². The summed E-state index contributed by atoms with van der Waals surface area (Å²) in [6, 6.07) is 12.0. The summed E-state index contributed by atoms with van der Waals surface area (Å²) in [6.07, 6.45) is 1.54. The minimum Gasteiger partial charge on any atom is -0.486 e. The molecule has 2 heterocycles. The van der Waals surface area contributed by atoms with Crippen LogP contribution in [0, 0.1) is 0 Å². The summed E-state index contributed by atoms with van der Waals surface area (Å²) < 4.78 is 36.0. The fraction of sp³-hybridized carbons (Fsp3) is 0.273. The van der Waals surface area contributed by atoms with Gasteiger partial charge in [-0.15, -0.1) is 11.3 Å². The fourth-order valence-electron chi connectivity index (χ4n) is 3.48. The van der Waals surface area contributed by atoms with Crippen molar-refractivity contribution < 1.29 is 23.0 Å². The zero-order valence-corrected chi connectivity index (χ0v) is 18.0. The number of halogens is 3. The molecule has 1 aliphatic rings. The van der Waals surface area contributed by atoms with Gasteiger partial charge in [-0.2, -0.15) is 8.78 Å². The van der Waals surface area contributed by atoms with Crippen molar-refractivity contribution in [2.75, 3.05) is 11.4 Å². The first-order valence-electron chi connectivity index (χ1n) is 9.68. The lowest BCUT2D eigenvalue weighted by Crippen LogP contribution is -2.37. The summed E-state index contributed by atoms with van der Waals surface area (Å²) >= 11 is 7.26. The van der Waals surface area contributed by atoms with Crippen molar-refractivity contribution in [3.63, 3.8) is 0 Å². The Hall–Kier alpha value is -2.71. The van der Waals surface area contributed by atoms with Gasteiger partial charge in [0.1, 0.15) is 23.1 Å². The van der Waals surface area contributed by atoms with Crippen molar-refractivity contribution >= 4 is 34.5 Å². The average molecular weight is 465 g/mol. The molecule has 1 amide bonds. The van der Waals surface area contributed by atoms with Crippen LogP contribution < -0.4 is 14.4 Å². The molecule has 31 heavy (non-hydrogen) atoms. The minimum atomic E-state index is -2.95.